The highest BCUT2D eigenvalue weighted by Crippen LogP contribution is 2.47. The van der Waals surface area contributed by atoms with E-state index >= 15 is 0 Å². The summed E-state index contributed by atoms with van der Waals surface area (Å²) in [7, 11) is -3.85. The Bertz CT molecular complexity index is 1860. The smallest absolute Gasteiger partial charge is 0.307 e. The molecule has 11 nitrogen and oxygen atoms in total. The molecule has 2 saturated heterocycles. The van der Waals surface area contributed by atoms with Crippen LogP contribution in [0, 0.1) is 23.7 Å². The normalized spacial score (nSPS) is 30.7. The molecule has 2 aromatic rings. The minimum atomic E-state index is -3.85. The molecule has 52 heavy (non-hydrogen) atoms. The summed E-state index contributed by atoms with van der Waals surface area (Å²) in [5.74, 6) is -3.06. The molecular weight excluding hydrogens is 681 g/mol. The van der Waals surface area contributed by atoms with Crippen molar-refractivity contribution in [2.24, 2.45) is 23.7 Å². The van der Waals surface area contributed by atoms with Crippen molar-refractivity contribution in [2.45, 2.75) is 108 Å². The summed E-state index contributed by atoms with van der Waals surface area (Å²) in [6.45, 7) is 7.72. The summed E-state index contributed by atoms with van der Waals surface area (Å²) in [4.78, 5) is 60.2. The van der Waals surface area contributed by atoms with E-state index in [0.29, 0.717) is 45.4 Å². The highest BCUT2D eigenvalue weighted by Gasteiger charge is 2.63. The van der Waals surface area contributed by atoms with Gasteiger partial charge in [0, 0.05) is 43.9 Å². The maximum Gasteiger partial charge on any atom is 0.307 e. The summed E-state index contributed by atoms with van der Waals surface area (Å²) in [5.41, 5.74) is -0.926. The van der Waals surface area contributed by atoms with E-state index in [2.05, 4.69) is 45.3 Å². The third-order valence-electron chi connectivity index (χ3n) is 11.5. The van der Waals surface area contributed by atoms with Crippen molar-refractivity contribution in [3.8, 4) is 0 Å². The number of hydrogen-bond acceptors (Lipinski definition) is 8. The van der Waals surface area contributed by atoms with Crippen LogP contribution in [0.2, 0.25) is 0 Å². The number of fused-ring (bicyclic) bond motifs is 5. The van der Waals surface area contributed by atoms with E-state index in [9.17, 15) is 27.6 Å². The van der Waals surface area contributed by atoms with Crippen LogP contribution < -0.4 is 10.0 Å². The second-order valence-electron chi connectivity index (χ2n) is 16.7. The first-order valence-corrected chi connectivity index (χ1v) is 20.5. The maximum atomic E-state index is 14.7. The van der Waals surface area contributed by atoms with Crippen LogP contribution in [-0.2, 0) is 40.5 Å². The molecule has 5 aliphatic rings. The van der Waals surface area contributed by atoms with Gasteiger partial charge in [-0.1, -0.05) is 67.5 Å². The van der Waals surface area contributed by atoms with E-state index in [4.69, 9.17) is 4.74 Å². The third-order valence-corrected chi connectivity index (χ3v) is 13.3. The zero-order chi connectivity index (χ0) is 36.8. The molecule has 2 aromatic carbocycles. The van der Waals surface area contributed by atoms with E-state index in [0.717, 1.165) is 31.1 Å². The third kappa shape index (κ3) is 7.78. The fourth-order valence-corrected chi connectivity index (χ4v) is 10.0. The second-order valence-corrected chi connectivity index (χ2v) is 18.7. The largest absolute Gasteiger partial charge is 0.460 e. The van der Waals surface area contributed by atoms with E-state index in [1.165, 1.54) is 10.9 Å². The Hall–Kier alpha value is -3.77. The fraction of sp³-hybridized carbons (Fsp3) is 0.600. The molecule has 2 saturated carbocycles. The van der Waals surface area contributed by atoms with Crippen molar-refractivity contribution in [3.05, 3.63) is 60.2 Å². The SMILES string of the molecule is CC(C)(C)OC(=O)C[C@@H]1CCCCC/C=C\[C@@H]2C[C@@]2(C(=O)NS(=O)(=O)C2CC2)NC(=O)[C@@H]2[C@H]3CN(Cc4cccc5ccccc45)C[C@H]3CN2C1=O. The number of benzene rings is 2. The van der Waals surface area contributed by atoms with Gasteiger partial charge in [-0.2, -0.15) is 0 Å². The minimum absolute atomic E-state index is 0.00523. The van der Waals surface area contributed by atoms with Crippen LogP contribution >= 0.6 is 0 Å². The van der Waals surface area contributed by atoms with Gasteiger partial charge >= 0.3 is 5.97 Å². The number of likely N-dealkylation sites (tertiary alicyclic amines) is 1. The zero-order valence-electron chi connectivity index (χ0n) is 30.5. The molecule has 0 aromatic heterocycles. The lowest BCUT2D eigenvalue weighted by molar-refractivity contribution is -0.159. The summed E-state index contributed by atoms with van der Waals surface area (Å²) < 4.78 is 33.7. The molecule has 2 N–H and O–H groups in total. The number of rotatable bonds is 7. The van der Waals surface area contributed by atoms with E-state index < -0.39 is 56.2 Å². The lowest BCUT2D eigenvalue weighted by atomic mass is 9.92. The van der Waals surface area contributed by atoms with E-state index in [-0.39, 0.29) is 36.5 Å². The topological polar surface area (TPSA) is 142 Å². The first kappa shape index (κ1) is 36.6. The standard InChI is InChI=1S/C40H52N4O7S/c1-39(2,3)51-34(45)20-27-13-7-5-4-6-8-16-30-21-40(30,38(48)42-52(49,50)31-18-19-31)41-36(46)35-33-25-43(23-29(33)24-44(35)37(27)47)22-28-15-11-14-26-12-9-10-17-32(26)28/h8-12,14-17,27,29-31,33,35H,4-7,13,18-25H2,1-3H3,(H,41,46)(H,42,48)/b16-8-/t27-,29-,30+,33-,35-,40+/m0/s1. The summed E-state index contributed by atoms with van der Waals surface area (Å²) in [6.07, 6.45) is 8.87. The van der Waals surface area contributed by atoms with Crippen molar-refractivity contribution >= 4 is 44.5 Å². The van der Waals surface area contributed by atoms with Gasteiger partial charge in [-0.15, -0.1) is 0 Å². The zero-order valence-corrected chi connectivity index (χ0v) is 31.3. The van der Waals surface area contributed by atoms with Crippen LogP contribution in [0.3, 0.4) is 0 Å². The van der Waals surface area contributed by atoms with Crippen molar-refractivity contribution in [1.29, 1.82) is 0 Å². The molecule has 2 aliphatic carbocycles. The number of carbonyl (C=O) groups is 4. The number of allylic oxidation sites excluding steroid dienone is 1. The molecular formula is C40H52N4O7S. The number of nitrogens with one attached hydrogen (secondary N) is 2. The van der Waals surface area contributed by atoms with Gasteiger partial charge in [-0.05, 0) is 81.5 Å². The fourth-order valence-electron chi connectivity index (χ4n) is 8.68. The van der Waals surface area contributed by atoms with Crippen molar-refractivity contribution in [3.63, 3.8) is 0 Å². The van der Waals surface area contributed by atoms with Gasteiger partial charge in [0.1, 0.15) is 17.2 Å². The molecule has 0 radical (unpaired) electrons. The number of sulfonamides is 1. The van der Waals surface area contributed by atoms with Crippen LogP contribution in [0.1, 0.15) is 84.1 Å². The lowest BCUT2D eigenvalue weighted by Crippen LogP contribution is -2.58. The molecule has 7 rings (SSSR count). The number of nitrogens with zero attached hydrogens (tertiary/aromatic N) is 2. The van der Waals surface area contributed by atoms with Crippen LogP contribution in [-0.4, -0.2) is 84.0 Å². The van der Waals surface area contributed by atoms with Crippen molar-refractivity contribution < 1.29 is 32.3 Å². The van der Waals surface area contributed by atoms with Crippen LogP contribution in [0.25, 0.3) is 10.8 Å². The quantitative estimate of drug-likeness (QED) is 0.314. The highest BCUT2D eigenvalue weighted by atomic mass is 32.2. The number of hydrogen-bond donors (Lipinski definition) is 2. The Kier molecular flexibility index (Phi) is 10.0. The van der Waals surface area contributed by atoms with Gasteiger partial charge < -0.3 is 15.0 Å². The van der Waals surface area contributed by atoms with Crippen LogP contribution in [0.4, 0.5) is 0 Å². The van der Waals surface area contributed by atoms with Gasteiger partial charge in [0.25, 0.3) is 5.91 Å². The van der Waals surface area contributed by atoms with Gasteiger partial charge in [-0.25, -0.2) is 8.42 Å². The molecule has 280 valence electrons. The van der Waals surface area contributed by atoms with Gasteiger partial charge in [0.05, 0.1) is 11.7 Å². The van der Waals surface area contributed by atoms with Gasteiger partial charge in [-0.3, -0.25) is 28.8 Å². The predicted molar refractivity (Wildman–Crippen MR) is 197 cm³/mol. The van der Waals surface area contributed by atoms with E-state index in [1.54, 1.807) is 25.7 Å². The molecule has 3 heterocycles. The Balaban J connectivity index is 1.18. The molecule has 0 unspecified atom stereocenters. The maximum absolute atomic E-state index is 14.7. The molecule has 0 spiro atoms. The molecule has 3 amide bonds. The lowest BCUT2D eigenvalue weighted by Gasteiger charge is -2.33. The summed E-state index contributed by atoms with van der Waals surface area (Å²) in [6, 6.07) is 13.7. The molecule has 12 heteroatoms. The summed E-state index contributed by atoms with van der Waals surface area (Å²) >= 11 is 0. The second kappa shape index (κ2) is 14.2. The first-order valence-electron chi connectivity index (χ1n) is 19.0. The van der Waals surface area contributed by atoms with Crippen molar-refractivity contribution in [1.82, 2.24) is 19.8 Å². The molecule has 3 aliphatic heterocycles. The number of amides is 3. The molecule has 0 bridgehead atoms. The van der Waals surface area contributed by atoms with Gasteiger partial charge in [0.2, 0.25) is 21.8 Å². The Labute approximate surface area is 306 Å². The monoisotopic (exact) mass is 732 g/mol. The Morgan fingerprint density at radius 1 is 0.981 bits per heavy atom. The van der Waals surface area contributed by atoms with Crippen molar-refractivity contribution in [2.75, 3.05) is 19.6 Å². The summed E-state index contributed by atoms with van der Waals surface area (Å²) in [5, 5.41) is 4.78. The van der Waals surface area contributed by atoms with Gasteiger partial charge in [0.15, 0.2) is 0 Å². The van der Waals surface area contributed by atoms with Crippen LogP contribution in [0.15, 0.2) is 54.6 Å². The molecule has 6 atom stereocenters. The predicted octanol–water partition coefficient (Wildman–Crippen LogP) is 4.45. The average molecular weight is 733 g/mol. The van der Waals surface area contributed by atoms with Crippen LogP contribution in [0.5, 0.6) is 0 Å². The number of ether oxygens (including phenoxy) is 1. The number of esters is 1. The Morgan fingerprint density at radius 3 is 2.52 bits per heavy atom. The first-order chi connectivity index (χ1) is 24.7. The number of carbonyl (C=O) groups excluding carboxylic acids is 4. The highest BCUT2D eigenvalue weighted by molar-refractivity contribution is 7.91. The Morgan fingerprint density at radius 2 is 1.75 bits per heavy atom. The molecule has 4 fully saturated rings. The van der Waals surface area contributed by atoms with E-state index in [1.807, 2.05) is 24.3 Å². The average Bonchev–Trinajstić information content (AvgIpc) is 3.98. The minimum Gasteiger partial charge on any atom is -0.460 e.